The van der Waals surface area contributed by atoms with Crippen molar-refractivity contribution >= 4 is 63.8 Å². The summed E-state index contributed by atoms with van der Waals surface area (Å²) in [4.78, 5) is 56.2. The third-order valence-corrected chi connectivity index (χ3v) is 10.8. The third-order valence-electron chi connectivity index (χ3n) is 7.99. The first kappa shape index (κ1) is 29.4. The predicted molar refractivity (Wildman–Crippen MR) is 172 cm³/mol. The van der Waals surface area contributed by atoms with Crippen LogP contribution in [0, 0.1) is 12.8 Å². The van der Waals surface area contributed by atoms with E-state index in [2.05, 4.69) is 26.1 Å². The summed E-state index contributed by atoms with van der Waals surface area (Å²) in [6, 6.07) is 22.1. The minimum atomic E-state index is -0.761. The quantitative estimate of drug-likeness (QED) is 0.251. The van der Waals surface area contributed by atoms with E-state index in [1.807, 2.05) is 55.5 Å². The molecule has 3 amide bonds. The lowest BCUT2D eigenvalue weighted by Gasteiger charge is -2.31. The number of fused-ring (bicyclic) bond motifs is 2. The van der Waals surface area contributed by atoms with Crippen molar-refractivity contribution in [3.8, 4) is 0 Å². The van der Waals surface area contributed by atoms with Gasteiger partial charge in [-0.3, -0.25) is 23.7 Å². The topological polar surface area (TPSA) is 88.5 Å². The fourth-order valence-corrected chi connectivity index (χ4v) is 8.60. The van der Waals surface area contributed by atoms with Gasteiger partial charge in [0.2, 0.25) is 17.7 Å². The van der Waals surface area contributed by atoms with E-state index < -0.39 is 17.1 Å². The fraction of sp³-hybridized carbons (Fsp3) is 0.273. The highest BCUT2D eigenvalue weighted by Gasteiger charge is 2.56. The molecule has 1 saturated heterocycles. The van der Waals surface area contributed by atoms with Crippen LogP contribution in [0.15, 0.2) is 82.6 Å². The maximum atomic E-state index is 14.1. The number of thioether (sulfide) groups is 1. The molecule has 1 aromatic heterocycles. The van der Waals surface area contributed by atoms with E-state index in [0.717, 1.165) is 28.0 Å². The zero-order valence-corrected chi connectivity index (χ0v) is 26.5. The number of imide groups is 1. The first-order chi connectivity index (χ1) is 20.4. The Morgan fingerprint density at radius 3 is 2.26 bits per heavy atom. The van der Waals surface area contributed by atoms with Crippen LogP contribution in [0.2, 0.25) is 5.02 Å². The van der Waals surface area contributed by atoms with Crippen LogP contribution in [-0.2, 0) is 26.3 Å². The molecule has 43 heavy (non-hydrogen) atoms. The van der Waals surface area contributed by atoms with E-state index in [1.54, 1.807) is 24.3 Å². The molecule has 0 spiro atoms. The smallest absolute Gasteiger partial charge is 0.308 e. The molecule has 7 nitrogen and oxygen atoms in total. The Morgan fingerprint density at radius 1 is 0.930 bits per heavy atom. The number of halogens is 1. The Kier molecular flexibility index (Phi) is 7.61. The average molecular weight is 632 g/mol. The molecule has 1 N–H and O–H groups in total. The van der Waals surface area contributed by atoms with Gasteiger partial charge in [-0.1, -0.05) is 97.9 Å². The Hall–Kier alpha value is -3.66. The van der Waals surface area contributed by atoms with Crippen molar-refractivity contribution < 1.29 is 14.4 Å². The maximum Gasteiger partial charge on any atom is 0.308 e. The highest BCUT2D eigenvalue weighted by atomic mass is 35.5. The van der Waals surface area contributed by atoms with E-state index in [1.165, 1.54) is 21.2 Å². The number of amides is 3. The van der Waals surface area contributed by atoms with Gasteiger partial charge in [-0.15, -0.1) is 0 Å². The Bertz CT molecular complexity index is 1810. The van der Waals surface area contributed by atoms with Gasteiger partial charge in [-0.2, -0.15) is 0 Å². The zero-order valence-electron chi connectivity index (χ0n) is 24.1. The lowest BCUT2D eigenvalue weighted by molar-refractivity contribution is -0.122. The molecular formula is C33H30ClN3O4S2. The van der Waals surface area contributed by atoms with E-state index in [9.17, 15) is 19.2 Å². The van der Waals surface area contributed by atoms with E-state index in [0.29, 0.717) is 26.3 Å². The molecule has 0 aliphatic carbocycles. The van der Waals surface area contributed by atoms with Crippen molar-refractivity contribution in [2.45, 2.75) is 55.8 Å². The Morgan fingerprint density at radius 2 is 1.60 bits per heavy atom. The van der Waals surface area contributed by atoms with Gasteiger partial charge < -0.3 is 5.32 Å². The van der Waals surface area contributed by atoms with Gasteiger partial charge in [0.25, 0.3) is 0 Å². The largest absolute Gasteiger partial charge is 0.324 e. The van der Waals surface area contributed by atoms with Gasteiger partial charge >= 0.3 is 4.87 Å². The molecule has 2 unspecified atom stereocenters. The van der Waals surface area contributed by atoms with Crippen LogP contribution < -0.4 is 15.1 Å². The van der Waals surface area contributed by atoms with Gasteiger partial charge in [0, 0.05) is 21.5 Å². The van der Waals surface area contributed by atoms with Crippen molar-refractivity contribution in [1.82, 2.24) is 4.57 Å². The number of aryl methyl sites for hydroxylation is 1. The molecule has 3 aromatic carbocycles. The van der Waals surface area contributed by atoms with Crippen LogP contribution in [0.1, 0.15) is 48.3 Å². The Labute approximate surface area is 262 Å². The molecule has 0 radical (unpaired) electrons. The van der Waals surface area contributed by atoms with Crippen LogP contribution in [0.25, 0.3) is 0 Å². The van der Waals surface area contributed by atoms with Crippen LogP contribution in [0.4, 0.5) is 11.4 Å². The second-order valence-electron chi connectivity index (χ2n) is 11.9. The Balaban J connectivity index is 1.42. The first-order valence-corrected chi connectivity index (χ1v) is 16.0. The number of anilines is 2. The van der Waals surface area contributed by atoms with Crippen LogP contribution in [0.3, 0.4) is 0 Å². The second-order valence-corrected chi connectivity index (χ2v) is 14.4. The van der Waals surface area contributed by atoms with Gasteiger partial charge in [0.15, 0.2) is 0 Å². The van der Waals surface area contributed by atoms with E-state index in [4.69, 9.17) is 11.6 Å². The van der Waals surface area contributed by atoms with Crippen LogP contribution >= 0.6 is 34.7 Å². The molecule has 6 rings (SSSR count). The number of nitrogens with zero attached hydrogens (tertiary/aromatic N) is 2. The normalized spacial score (nSPS) is 19.7. The minimum Gasteiger partial charge on any atom is -0.324 e. The van der Waals surface area contributed by atoms with Crippen molar-refractivity contribution in [3.63, 3.8) is 0 Å². The number of carbonyl (C=O) groups is 3. The SMILES string of the molecule is Cc1ccccc1NC(=O)Cn1c2c(sc1=O)[C@H](c1ccc(C(C)(C)C)cc1)C1C(=O)N(c3ccc(Cl)cc3)C(=O)C1S2. The van der Waals surface area contributed by atoms with Gasteiger partial charge in [0.1, 0.15) is 11.8 Å². The summed E-state index contributed by atoms with van der Waals surface area (Å²) < 4.78 is 1.44. The number of thiazole rings is 1. The fourth-order valence-electron chi connectivity index (χ4n) is 5.70. The predicted octanol–water partition coefficient (Wildman–Crippen LogP) is 6.60. The molecule has 220 valence electrons. The minimum absolute atomic E-state index is 0.0716. The molecule has 0 bridgehead atoms. The first-order valence-electron chi connectivity index (χ1n) is 13.9. The van der Waals surface area contributed by atoms with Crippen molar-refractivity contribution in [1.29, 1.82) is 0 Å². The number of hydrogen-bond donors (Lipinski definition) is 1. The monoisotopic (exact) mass is 631 g/mol. The maximum absolute atomic E-state index is 14.1. The summed E-state index contributed by atoms with van der Waals surface area (Å²) >= 11 is 8.32. The highest BCUT2D eigenvalue weighted by molar-refractivity contribution is 8.00. The lowest BCUT2D eigenvalue weighted by Crippen LogP contribution is -2.33. The average Bonchev–Trinajstić information content (AvgIpc) is 3.40. The van der Waals surface area contributed by atoms with Crippen molar-refractivity contribution in [2.24, 2.45) is 5.92 Å². The van der Waals surface area contributed by atoms with Crippen molar-refractivity contribution in [2.75, 3.05) is 10.2 Å². The molecular weight excluding hydrogens is 602 g/mol. The number of hydrogen-bond acceptors (Lipinski definition) is 6. The van der Waals surface area contributed by atoms with E-state index >= 15 is 0 Å². The number of rotatable bonds is 5. The van der Waals surface area contributed by atoms with Crippen molar-refractivity contribution in [3.05, 3.63) is 109 Å². The summed E-state index contributed by atoms with van der Waals surface area (Å²) in [6.07, 6.45) is 0. The summed E-state index contributed by atoms with van der Waals surface area (Å²) in [5.41, 5.74) is 3.94. The number of benzene rings is 3. The molecule has 1 fully saturated rings. The standard InChI is InChI=1S/C33H30ClN3O4S2/c1-18-7-5-6-8-23(18)35-24(38)17-36-31-28(43-32(36)41)25(19-9-11-20(12-10-19)33(2,3)4)26-27(42-31)30(40)37(29(26)39)22-15-13-21(34)14-16-22/h5-16,25-27H,17H2,1-4H3,(H,35,38)/t25-,26?,27?/m1/s1. The van der Waals surface area contributed by atoms with E-state index in [-0.39, 0.29) is 34.6 Å². The van der Waals surface area contributed by atoms with Crippen LogP contribution in [0.5, 0.6) is 0 Å². The summed E-state index contributed by atoms with van der Waals surface area (Å²) in [6.45, 7) is 8.08. The molecule has 10 heteroatoms. The molecule has 4 aromatic rings. The van der Waals surface area contributed by atoms with Crippen LogP contribution in [-0.4, -0.2) is 27.5 Å². The number of para-hydroxylation sites is 1. The molecule has 3 heterocycles. The van der Waals surface area contributed by atoms with Gasteiger partial charge in [-0.25, -0.2) is 4.90 Å². The third kappa shape index (κ3) is 5.34. The highest BCUT2D eigenvalue weighted by Crippen LogP contribution is 2.54. The van der Waals surface area contributed by atoms with Gasteiger partial charge in [-0.05, 0) is 59.4 Å². The summed E-state index contributed by atoms with van der Waals surface area (Å²) in [7, 11) is 0. The lowest BCUT2D eigenvalue weighted by atomic mass is 9.81. The second kappa shape index (κ2) is 11.1. The summed E-state index contributed by atoms with van der Waals surface area (Å²) in [5, 5.41) is 3.19. The molecule has 0 saturated carbocycles. The molecule has 2 aliphatic rings. The zero-order chi connectivity index (χ0) is 30.6. The molecule has 3 atom stereocenters. The number of nitrogens with one attached hydrogen (secondary N) is 1. The number of carbonyl (C=O) groups excluding carboxylic acids is 3. The van der Waals surface area contributed by atoms with Gasteiger partial charge in [0.05, 0.1) is 16.6 Å². The number of aromatic nitrogens is 1. The summed E-state index contributed by atoms with van der Waals surface area (Å²) in [5.74, 6) is -2.25. The molecule has 2 aliphatic heterocycles.